The minimum absolute atomic E-state index is 0.452. The van der Waals surface area contributed by atoms with Gasteiger partial charge in [-0.3, -0.25) is 0 Å². The number of halogens is 1. The van der Waals surface area contributed by atoms with Crippen molar-refractivity contribution in [2.24, 2.45) is 5.73 Å². The summed E-state index contributed by atoms with van der Waals surface area (Å²) in [5.41, 5.74) is 5.76. The number of nitrogens with one attached hydrogen (secondary N) is 1. The molecule has 0 aromatic carbocycles. The number of hydrogen-bond acceptors (Lipinski definition) is 2. The van der Waals surface area contributed by atoms with Crippen LogP contribution in [-0.2, 0) is 0 Å². The van der Waals surface area contributed by atoms with Crippen LogP contribution in [0.25, 0.3) is 0 Å². The highest BCUT2D eigenvalue weighted by molar-refractivity contribution is 14.1. The second-order valence-electron chi connectivity index (χ2n) is 3.05. The van der Waals surface area contributed by atoms with E-state index in [4.69, 9.17) is 5.73 Å². The highest BCUT2D eigenvalue weighted by atomic mass is 127. The SMILES string of the molecule is C[C@H](I)NC1CCC(N)C1. The van der Waals surface area contributed by atoms with Crippen LogP contribution in [0.4, 0.5) is 0 Å². The number of nitrogens with two attached hydrogens (primary N) is 1. The van der Waals surface area contributed by atoms with Crippen LogP contribution in [0.15, 0.2) is 0 Å². The van der Waals surface area contributed by atoms with E-state index >= 15 is 0 Å². The fraction of sp³-hybridized carbons (Fsp3) is 1.00. The van der Waals surface area contributed by atoms with Crippen LogP contribution in [0.5, 0.6) is 0 Å². The molecule has 0 aromatic rings. The van der Waals surface area contributed by atoms with Crippen LogP contribution in [0.2, 0.25) is 0 Å². The molecule has 0 radical (unpaired) electrons. The molecule has 0 aromatic heterocycles. The van der Waals surface area contributed by atoms with Gasteiger partial charge in [-0.2, -0.15) is 0 Å². The molecular weight excluding hydrogens is 239 g/mol. The Hall–Kier alpha value is 0.650. The fourth-order valence-electron chi connectivity index (χ4n) is 1.49. The predicted molar refractivity (Wildman–Crippen MR) is 52.2 cm³/mol. The Morgan fingerprint density at radius 3 is 2.70 bits per heavy atom. The zero-order chi connectivity index (χ0) is 7.56. The van der Waals surface area contributed by atoms with E-state index in [-0.39, 0.29) is 0 Å². The van der Waals surface area contributed by atoms with Crippen LogP contribution in [-0.4, -0.2) is 16.1 Å². The van der Waals surface area contributed by atoms with Gasteiger partial charge < -0.3 is 11.1 Å². The van der Waals surface area contributed by atoms with Gasteiger partial charge in [0.2, 0.25) is 0 Å². The summed E-state index contributed by atoms with van der Waals surface area (Å²) < 4.78 is 0.577. The maximum Gasteiger partial charge on any atom is 0.0567 e. The molecule has 1 aliphatic rings. The summed E-state index contributed by atoms with van der Waals surface area (Å²) in [5.74, 6) is 0. The van der Waals surface area contributed by atoms with Crippen molar-refractivity contribution in [3.05, 3.63) is 0 Å². The third-order valence-electron chi connectivity index (χ3n) is 1.94. The fourth-order valence-corrected chi connectivity index (χ4v) is 2.00. The van der Waals surface area contributed by atoms with E-state index in [2.05, 4.69) is 34.8 Å². The molecule has 0 aliphatic heterocycles. The van der Waals surface area contributed by atoms with E-state index in [0.717, 1.165) is 6.42 Å². The first-order chi connectivity index (χ1) is 4.68. The summed E-state index contributed by atoms with van der Waals surface area (Å²) in [5, 5.41) is 3.48. The third kappa shape index (κ3) is 2.72. The van der Waals surface area contributed by atoms with Crippen LogP contribution in [0, 0.1) is 0 Å². The van der Waals surface area contributed by atoms with E-state index in [1.807, 2.05) is 0 Å². The normalized spacial score (nSPS) is 36.3. The minimum atomic E-state index is 0.452. The molecule has 1 aliphatic carbocycles. The van der Waals surface area contributed by atoms with Crippen molar-refractivity contribution >= 4 is 22.6 Å². The van der Waals surface area contributed by atoms with E-state index in [1.165, 1.54) is 12.8 Å². The molecular formula is C7H15IN2. The number of hydrogen-bond donors (Lipinski definition) is 2. The molecule has 1 rings (SSSR count). The van der Waals surface area contributed by atoms with Gasteiger partial charge >= 0.3 is 0 Å². The molecule has 3 N–H and O–H groups in total. The van der Waals surface area contributed by atoms with Gasteiger partial charge in [0.15, 0.2) is 0 Å². The molecule has 0 amide bonds. The van der Waals surface area contributed by atoms with Gasteiger partial charge in [-0.15, -0.1) is 0 Å². The van der Waals surface area contributed by atoms with Crippen molar-refractivity contribution in [1.29, 1.82) is 0 Å². The van der Waals surface area contributed by atoms with Crippen LogP contribution in [0.1, 0.15) is 26.2 Å². The largest absolute Gasteiger partial charge is 0.328 e. The molecule has 1 fully saturated rings. The summed E-state index contributed by atoms with van der Waals surface area (Å²) in [6, 6.07) is 1.13. The molecule has 10 heavy (non-hydrogen) atoms. The standard InChI is InChI=1S/C7H15IN2/c1-5(8)10-7-3-2-6(9)4-7/h5-7,10H,2-4,9H2,1H3/t5-,6?,7?/m1/s1. The Bertz CT molecular complexity index is 106. The summed E-state index contributed by atoms with van der Waals surface area (Å²) in [7, 11) is 0. The Labute approximate surface area is 76.1 Å². The quantitative estimate of drug-likeness (QED) is 0.442. The average Bonchev–Trinajstić information content (AvgIpc) is 2.13. The summed E-state index contributed by atoms with van der Waals surface area (Å²) in [4.78, 5) is 0. The van der Waals surface area contributed by atoms with Gasteiger partial charge in [-0.25, -0.2) is 0 Å². The topological polar surface area (TPSA) is 38.0 Å². The molecule has 60 valence electrons. The Kier molecular flexibility index (Phi) is 3.39. The minimum Gasteiger partial charge on any atom is -0.328 e. The van der Waals surface area contributed by atoms with Gasteiger partial charge in [0.25, 0.3) is 0 Å². The van der Waals surface area contributed by atoms with Crippen molar-refractivity contribution in [3.8, 4) is 0 Å². The van der Waals surface area contributed by atoms with Crippen LogP contribution >= 0.6 is 22.6 Å². The number of alkyl halides is 1. The van der Waals surface area contributed by atoms with Crippen molar-refractivity contribution in [3.63, 3.8) is 0 Å². The third-order valence-corrected chi connectivity index (χ3v) is 2.30. The van der Waals surface area contributed by atoms with Crippen LogP contribution < -0.4 is 11.1 Å². The predicted octanol–water partition coefficient (Wildman–Crippen LogP) is 1.24. The Balaban J connectivity index is 2.18. The number of rotatable bonds is 2. The van der Waals surface area contributed by atoms with E-state index in [9.17, 15) is 0 Å². The Morgan fingerprint density at radius 1 is 1.60 bits per heavy atom. The van der Waals surface area contributed by atoms with E-state index < -0.39 is 0 Å². The molecule has 0 saturated heterocycles. The van der Waals surface area contributed by atoms with E-state index in [0.29, 0.717) is 16.1 Å². The van der Waals surface area contributed by atoms with Crippen molar-refractivity contribution in [1.82, 2.24) is 5.32 Å². The molecule has 0 heterocycles. The van der Waals surface area contributed by atoms with Gasteiger partial charge in [0.05, 0.1) is 4.05 Å². The lowest BCUT2D eigenvalue weighted by Crippen LogP contribution is -2.32. The monoisotopic (exact) mass is 254 g/mol. The smallest absolute Gasteiger partial charge is 0.0567 e. The van der Waals surface area contributed by atoms with Crippen molar-refractivity contribution in [2.75, 3.05) is 0 Å². The van der Waals surface area contributed by atoms with Crippen molar-refractivity contribution < 1.29 is 0 Å². The highest BCUT2D eigenvalue weighted by Crippen LogP contribution is 2.18. The zero-order valence-electron chi connectivity index (χ0n) is 6.31. The molecule has 2 nitrogen and oxygen atoms in total. The van der Waals surface area contributed by atoms with Crippen molar-refractivity contribution in [2.45, 2.75) is 42.3 Å². The van der Waals surface area contributed by atoms with Gasteiger partial charge in [-0.1, -0.05) is 22.6 Å². The molecule has 2 unspecified atom stereocenters. The van der Waals surface area contributed by atoms with Gasteiger partial charge in [0.1, 0.15) is 0 Å². The first kappa shape index (κ1) is 8.74. The first-order valence-electron chi connectivity index (χ1n) is 3.84. The molecule has 3 heteroatoms. The first-order valence-corrected chi connectivity index (χ1v) is 5.08. The maximum atomic E-state index is 5.76. The van der Waals surface area contributed by atoms with Gasteiger partial charge in [0, 0.05) is 12.1 Å². The zero-order valence-corrected chi connectivity index (χ0v) is 8.47. The van der Waals surface area contributed by atoms with Crippen LogP contribution in [0.3, 0.4) is 0 Å². The molecule has 3 atom stereocenters. The molecule has 0 bridgehead atoms. The summed E-state index contributed by atoms with van der Waals surface area (Å²) in [6.45, 7) is 2.17. The summed E-state index contributed by atoms with van der Waals surface area (Å²) in [6.07, 6.45) is 3.61. The highest BCUT2D eigenvalue weighted by Gasteiger charge is 2.21. The molecule has 0 spiro atoms. The maximum absolute atomic E-state index is 5.76. The molecule has 1 saturated carbocycles. The van der Waals surface area contributed by atoms with E-state index in [1.54, 1.807) is 0 Å². The lowest BCUT2D eigenvalue weighted by Gasteiger charge is -2.13. The lowest BCUT2D eigenvalue weighted by atomic mass is 10.2. The average molecular weight is 254 g/mol. The lowest BCUT2D eigenvalue weighted by molar-refractivity contribution is 0.524. The second-order valence-corrected chi connectivity index (χ2v) is 4.92. The summed E-state index contributed by atoms with van der Waals surface area (Å²) >= 11 is 2.39. The second kappa shape index (κ2) is 3.88. The van der Waals surface area contributed by atoms with Gasteiger partial charge in [-0.05, 0) is 26.2 Å². The Morgan fingerprint density at radius 2 is 2.30 bits per heavy atom.